The van der Waals surface area contributed by atoms with E-state index in [0.29, 0.717) is 22.4 Å². The molecule has 2 aromatic heterocycles. The van der Waals surface area contributed by atoms with E-state index >= 15 is 0 Å². The Morgan fingerprint density at radius 1 is 1.14 bits per heavy atom. The average molecular weight is 378 g/mol. The zero-order chi connectivity index (χ0) is 19.8. The molecule has 0 amide bonds. The number of aromatic amines is 1. The van der Waals surface area contributed by atoms with Gasteiger partial charge in [0.25, 0.3) is 0 Å². The second-order valence-electron chi connectivity index (χ2n) is 6.59. The molecule has 0 saturated carbocycles. The molecule has 2 heterocycles. The molecular weight excluding hydrogens is 360 g/mol. The molecule has 0 aliphatic carbocycles. The minimum absolute atomic E-state index is 0.298. The van der Waals surface area contributed by atoms with Crippen molar-refractivity contribution in [1.82, 2.24) is 9.55 Å². The SMILES string of the molecule is Cc1[nH]c2ccccc2c1C(=O)[C@H](C)OC(=O)Cn1c(=O)oc2ccccc21. The fraction of sp³-hybridized carbons (Fsp3) is 0.190. The predicted molar refractivity (Wildman–Crippen MR) is 103 cm³/mol. The van der Waals surface area contributed by atoms with E-state index in [1.54, 1.807) is 31.2 Å². The van der Waals surface area contributed by atoms with E-state index in [-0.39, 0.29) is 12.3 Å². The van der Waals surface area contributed by atoms with Crippen LogP contribution in [-0.2, 0) is 16.1 Å². The van der Waals surface area contributed by atoms with Gasteiger partial charge in [0.1, 0.15) is 6.54 Å². The van der Waals surface area contributed by atoms with Crippen molar-refractivity contribution in [2.45, 2.75) is 26.5 Å². The van der Waals surface area contributed by atoms with Crippen LogP contribution in [0.4, 0.5) is 0 Å². The molecule has 142 valence electrons. The summed E-state index contributed by atoms with van der Waals surface area (Å²) in [6, 6.07) is 14.2. The van der Waals surface area contributed by atoms with E-state index in [9.17, 15) is 14.4 Å². The fourth-order valence-electron chi connectivity index (χ4n) is 3.38. The molecular formula is C21H18N2O5. The molecule has 7 nitrogen and oxygen atoms in total. The van der Waals surface area contributed by atoms with Crippen molar-refractivity contribution in [1.29, 1.82) is 0 Å². The number of ether oxygens (including phenoxy) is 1. The number of hydrogen-bond acceptors (Lipinski definition) is 5. The number of H-pyrrole nitrogens is 1. The Kier molecular flexibility index (Phi) is 4.35. The van der Waals surface area contributed by atoms with Gasteiger partial charge in [-0.1, -0.05) is 30.3 Å². The number of fused-ring (bicyclic) bond motifs is 2. The highest BCUT2D eigenvalue weighted by atomic mass is 16.5. The summed E-state index contributed by atoms with van der Waals surface area (Å²) in [5.74, 6) is -1.63. The molecule has 1 N–H and O–H groups in total. The summed E-state index contributed by atoms with van der Waals surface area (Å²) in [6.45, 7) is 3.00. The Bertz CT molecular complexity index is 1260. The number of ketones is 1. The number of para-hydroxylation sites is 3. The summed E-state index contributed by atoms with van der Waals surface area (Å²) in [7, 11) is 0. The third-order valence-electron chi connectivity index (χ3n) is 4.68. The Morgan fingerprint density at radius 3 is 2.68 bits per heavy atom. The van der Waals surface area contributed by atoms with Gasteiger partial charge in [-0.25, -0.2) is 4.79 Å². The summed E-state index contributed by atoms with van der Waals surface area (Å²) in [4.78, 5) is 40.4. The van der Waals surface area contributed by atoms with Gasteiger partial charge < -0.3 is 14.1 Å². The molecule has 1 atom stereocenters. The second-order valence-corrected chi connectivity index (χ2v) is 6.59. The van der Waals surface area contributed by atoms with Crippen LogP contribution in [0.25, 0.3) is 22.0 Å². The number of esters is 1. The van der Waals surface area contributed by atoms with E-state index in [0.717, 1.165) is 10.9 Å². The number of Topliss-reactive ketones (excluding diaryl/α,β-unsaturated/α-hetero) is 1. The summed E-state index contributed by atoms with van der Waals surface area (Å²) < 4.78 is 11.6. The molecule has 0 aliphatic heterocycles. The lowest BCUT2D eigenvalue weighted by Crippen LogP contribution is -2.29. The van der Waals surface area contributed by atoms with Crippen LogP contribution in [0.15, 0.2) is 57.7 Å². The van der Waals surface area contributed by atoms with Crippen LogP contribution >= 0.6 is 0 Å². The fourth-order valence-corrected chi connectivity index (χ4v) is 3.38. The largest absolute Gasteiger partial charge is 0.453 e. The van der Waals surface area contributed by atoms with Gasteiger partial charge in [-0.15, -0.1) is 0 Å². The van der Waals surface area contributed by atoms with Crippen LogP contribution in [0.5, 0.6) is 0 Å². The van der Waals surface area contributed by atoms with Gasteiger partial charge in [0.15, 0.2) is 11.7 Å². The molecule has 0 aliphatic rings. The van der Waals surface area contributed by atoms with Gasteiger partial charge >= 0.3 is 11.7 Å². The van der Waals surface area contributed by atoms with Gasteiger partial charge in [-0.05, 0) is 32.0 Å². The molecule has 0 bridgehead atoms. The number of benzene rings is 2. The monoisotopic (exact) mass is 378 g/mol. The number of nitrogens with one attached hydrogen (secondary N) is 1. The molecule has 2 aromatic carbocycles. The third-order valence-corrected chi connectivity index (χ3v) is 4.68. The minimum atomic E-state index is -0.987. The van der Waals surface area contributed by atoms with Crippen LogP contribution in [0, 0.1) is 6.92 Å². The van der Waals surface area contributed by atoms with Crippen molar-refractivity contribution in [2.24, 2.45) is 0 Å². The average Bonchev–Trinajstić information content (AvgIpc) is 3.17. The third kappa shape index (κ3) is 3.00. The number of carbonyl (C=O) groups is 2. The summed E-state index contributed by atoms with van der Waals surface area (Å²) in [5, 5.41) is 0.782. The summed E-state index contributed by atoms with van der Waals surface area (Å²) in [5.41, 5.74) is 2.95. The number of nitrogens with zero attached hydrogens (tertiary/aromatic N) is 1. The highest BCUT2D eigenvalue weighted by Crippen LogP contribution is 2.24. The van der Waals surface area contributed by atoms with Crippen molar-refractivity contribution in [3.05, 3.63) is 70.3 Å². The van der Waals surface area contributed by atoms with E-state index in [1.165, 1.54) is 11.5 Å². The van der Waals surface area contributed by atoms with Crippen molar-refractivity contribution in [2.75, 3.05) is 0 Å². The van der Waals surface area contributed by atoms with Crippen molar-refractivity contribution in [3.63, 3.8) is 0 Å². The number of aryl methyl sites for hydroxylation is 1. The van der Waals surface area contributed by atoms with E-state index < -0.39 is 17.8 Å². The first-order valence-corrected chi connectivity index (χ1v) is 8.85. The van der Waals surface area contributed by atoms with E-state index in [4.69, 9.17) is 9.15 Å². The second kappa shape index (κ2) is 6.84. The standard InChI is InChI=1S/C21H18N2O5/c1-12-19(14-7-3-4-8-15(14)22-12)20(25)13(2)27-18(24)11-23-16-9-5-6-10-17(16)28-21(23)26/h3-10,13,22H,11H2,1-2H3/t13-/m0/s1. The van der Waals surface area contributed by atoms with Gasteiger partial charge in [-0.2, -0.15) is 0 Å². The molecule has 0 radical (unpaired) electrons. The number of oxazole rings is 1. The van der Waals surface area contributed by atoms with Gasteiger partial charge in [0, 0.05) is 22.2 Å². The molecule has 0 fully saturated rings. The number of aromatic nitrogens is 2. The first-order valence-electron chi connectivity index (χ1n) is 8.85. The topological polar surface area (TPSA) is 94.3 Å². The van der Waals surface area contributed by atoms with Crippen LogP contribution in [0.2, 0.25) is 0 Å². The molecule has 28 heavy (non-hydrogen) atoms. The smallest absolute Gasteiger partial charge is 0.420 e. The van der Waals surface area contributed by atoms with E-state index in [2.05, 4.69) is 4.98 Å². The molecule has 0 saturated heterocycles. The van der Waals surface area contributed by atoms with Crippen molar-refractivity contribution < 1.29 is 18.7 Å². The minimum Gasteiger partial charge on any atom is -0.453 e. The lowest BCUT2D eigenvalue weighted by atomic mass is 10.0. The maximum Gasteiger partial charge on any atom is 0.420 e. The summed E-state index contributed by atoms with van der Waals surface area (Å²) >= 11 is 0. The lowest BCUT2D eigenvalue weighted by molar-refractivity contribution is -0.147. The maximum atomic E-state index is 12.9. The maximum absolute atomic E-state index is 12.9. The Hall–Kier alpha value is -3.61. The first-order chi connectivity index (χ1) is 13.5. The first kappa shape index (κ1) is 17.8. The Balaban J connectivity index is 1.54. The molecule has 4 aromatic rings. The van der Waals surface area contributed by atoms with Crippen LogP contribution in [0.1, 0.15) is 23.0 Å². The molecule has 0 unspecified atom stereocenters. The van der Waals surface area contributed by atoms with Crippen molar-refractivity contribution >= 4 is 33.8 Å². The van der Waals surface area contributed by atoms with Crippen LogP contribution in [0.3, 0.4) is 0 Å². The molecule has 7 heteroatoms. The summed E-state index contributed by atoms with van der Waals surface area (Å²) in [6.07, 6.45) is -0.987. The number of hydrogen-bond donors (Lipinski definition) is 1. The lowest BCUT2D eigenvalue weighted by Gasteiger charge is -2.13. The van der Waals surface area contributed by atoms with E-state index in [1.807, 2.05) is 24.3 Å². The number of rotatable bonds is 5. The van der Waals surface area contributed by atoms with Gasteiger partial charge in [0.05, 0.1) is 5.52 Å². The Morgan fingerprint density at radius 2 is 1.86 bits per heavy atom. The number of carbonyl (C=O) groups excluding carboxylic acids is 2. The molecule has 4 rings (SSSR count). The Labute approximate surface area is 159 Å². The normalized spacial score (nSPS) is 12.4. The highest BCUT2D eigenvalue weighted by Gasteiger charge is 2.25. The van der Waals surface area contributed by atoms with Gasteiger partial charge in [-0.3, -0.25) is 14.2 Å². The molecule has 0 spiro atoms. The van der Waals surface area contributed by atoms with Crippen LogP contribution < -0.4 is 5.76 Å². The predicted octanol–water partition coefficient (Wildman–Crippen LogP) is 3.20. The van der Waals surface area contributed by atoms with Gasteiger partial charge in [0.2, 0.25) is 5.78 Å². The highest BCUT2D eigenvalue weighted by molar-refractivity contribution is 6.11. The van der Waals surface area contributed by atoms with Crippen molar-refractivity contribution in [3.8, 4) is 0 Å². The zero-order valence-corrected chi connectivity index (χ0v) is 15.4. The van der Waals surface area contributed by atoms with Crippen LogP contribution in [-0.4, -0.2) is 27.4 Å². The quantitative estimate of drug-likeness (QED) is 0.425. The zero-order valence-electron chi connectivity index (χ0n) is 15.4.